The van der Waals surface area contributed by atoms with E-state index in [9.17, 15) is 4.79 Å². The lowest BCUT2D eigenvalue weighted by atomic mass is 10.1. The number of primary amides is 1. The molecular formula is C9H20N5O-. The Morgan fingerprint density at radius 3 is 2.40 bits per heavy atom. The van der Waals surface area contributed by atoms with Gasteiger partial charge in [-0.25, -0.2) is 0 Å². The van der Waals surface area contributed by atoms with Crippen molar-refractivity contribution in [3.8, 4) is 0 Å². The molecule has 0 aromatic heterocycles. The minimum absolute atomic E-state index is 0.213. The summed E-state index contributed by atoms with van der Waals surface area (Å²) in [6.45, 7) is 4.42. The summed E-state index contributed by atoms with van der Waals surface area (Å²) in [5, 5.41) is 14.3. The largest absolute Gasteiger partial charge is 0.454 e. The van der Waals surface area contributed by atoms with E-state index in [0.29, 0.717) is 19.4 Å². The third-order valence-corrected chi connectivity index (χ3v) is 1.85. The number of amides is 1. The first kappa shape index (κ1) is 13.7. The summed E-state index contributed by atoms with van der Waals surface area (Å²) in [6.07, 6.45) is 1.32. The molecule has 0 aliphatic rings. The van der Waals surface area contributed by atoms with E-state index in [0.717, 1.165) is 0 Å². The van der Waals surface area contributed by atoms with Gasteiger partial charge in [-0.05, 0) is 19.4 Å². The van der Waals surface area contributed by atoms with Crippen LogP contribution in [0.25, 0.3) is 5.41 Å². The molecule has 88 valence electrons. The Labute approximate surface area is 90.3 Å². The van der Waals surface area contributed by atoms with E-state index >= 15 is 0 Å². The van der Waals surface area contributed by atoms with Crippen LogP contribution in [-0.4, -0.2) is 30.5 Å². The monoisotopic (exact) mass is 214 g/mol. The quantitative estimate of drug-likeness (QED) is 0.249. The Balaban J connectivity index is 3.76. The number of carbonyl (C=O) groups is 1. The Hall–Kier alpha value is -1.30. The highest BCUT2D eigenvalue weighted by atomic mass is 16.1. The van der Waals surface area contributed by atoms with Crippen molar-refractivity contribution in [2.24, 2.45) is 11.5 Å². The van der Waals surface area contributed by atoms with Gasteiger partial charge in [0.15, 0.2) is 0 Å². The lowest BCUT2D eigenvalue weighted by Gasteiger charge is -2.18. The summed E-state index contributed by atoms with van der Waals surface area (Å²) >= 11 is 0. The van der Waals surface area contributed by atoms with Gasteiger partial charge in [0, 0.05) is 12.0 Å². The fourth-order valence-corrected chi connectivity index (χ4v) is 1.23. The molecule has 0 saturated heterocycles. The van der Waals surface area contributed by atoms with Crippen LogP contribution < -0.4 is 22.1 Å². The second-order valence-corrected chi connectivity index (χ2v) is 3.73. The van der Waals surface area contributed by atoms with Crippen molar-refractivity contribution in [1.29, 1.82) is 0 Å². The van der Waals surface area contributed by atoms with E-state index in [2.05, 4.69) is 10.6 Å². The van der Waals surface area contributed by atoms with Crippen molar-refractivity contribution in [1.82, 2.24) is 10.6 Å². The summed E-state index contributed by atoms with van der Waals surface area (Å²) in [5.74, 6) is -0.660. The number of nitrogens with one attached hydrogen (secondary N) is 2. The molecule has 0 saturated carbocycles. The van der Waals surface area contributed by atoms with Crippen molar-refractivity contribution in [3.05, 3.63) is 5.41 Å². The maximum Gasteiger partial charge on any atom is 0.234 e. The average Bonchev–Trinajstić information content (AvgIpc) is 2.08. The topological polar surface area (TPSA) is 115 Å². The van der Waals surface area contributed by atoms with E-state index in [1.54, 1.807) is 0 Å². The van der Waals surface area contributed by atoms with Crippen LogP contribution in [0.2, 0.25) is 0 Å². The van der Waals surface area contributed by atoms with E-state index in [1.165, 1.54) is 0 Å². The molecule has 6 heteroatoms. The van der Waals surface area contributed by atoms with E-state index in [4.69, 9.17) is 16.9 Å². The van der Waals surface area contributed by atoms with E-state index in [1.807, 2.05) is 13.8 Å². The molecule has 0 aromatic rings. The average molecular weight is 214 g/mol. The van der Waals surface area contributed by atoms with Gasteiger partial charge in [-0.1, -0.05) is 13.8 Å². The molecule has 1 atom stereocenters. The van der Waals surface area contributed by atoms with Crippen LogP contribution in [0.1, 0.15) is 26.7 Å². The highest BCUT2D eigenvalue weighted by Gasteiger charge is 2.14. The van der Waals surface area contributed by atoms with Gasteiger partial charge in [-0.15, -0.1) is 0 Å². The molecule has 6 N–H and O–H groups in total. The minimum atomic E-state index is -0.357. The van der Waals surface area contributed by atoms with Crippen molar-refractivity contribution in [2.45, 2.75) is 38.8 Å². The lowest BCUT2D eigenvalue weighted by Crippen LogP contribution is -2.45. The Bertz CT molecular complexity index is 217. The van der Waals surface area contributed by atoms with Crippen LogP contribution in [-0.2, 0) is 4.79 Å². The summed E-state index contributed by atoms with van der Waals surface area (Å²) in [4.78, 5) is 11.0. The maximum atomic E-state index is 11.0. The van der Waals surface area contributed by atoms with Gasteiger partial charge in [-0.2, -0.15) is 0 Å². The van der Waals surface area contributed by atoms with Crippen LogP contribution in [0.5, 0.6) is 0 Å². The molecule has 0 aromatic carbocycles. The molecule has 15 heavy (non-hydrogen) atoms. The first-order valence-corrected chi connectivity index (χ1v) is 5.04. The molecule has 0 aliphatic carbocycles. The van der Waals surface area contributed by atoms with Crippen molar-refractivity contribution in [3.63, 3.8) is 0 Å². The zero-order valence-corrected chi connectivity index (χ0v) is 9.29. The molecule has 0 aliphatic heterocycles. The number of carbonyl (C=O) groups excluding carboxylic acids is 1. The third-order valence-electron chi connectivity index (χ3n) is 1.85. The molecule has 0 heterocycles. The SMILES string of the molecule is CC(C)N[C@@H](CCCNC(=[N-])N)C(N)=O. The summed E-state index contributed by atoms with van der Waals surface area (Å²) < 4.78 is 0. The van der Waals surface area contributed by atoms with Gasteiger partial charge in [0.25, 0.3) is 0 Å². The molecule has 0 unspecified atom stereocenters. The van der Waals surface area contributed by atoms with Crippen molar-refractivity contribution in [2.75, 3.05) is 6.54 Å². The fraction of sp³-hybridized carbons (Fsp3) is 0.778. The van der Waals surface area contributed by atoms with Crippen molar-refractivity contribution < 1.29 is 4.79 Å². The molecule has 1 amide bonds. The normalized spacial score (nSPS) is 12.5. The second kappa shape index (κ2) is 7.05. The minimum Gasteiger partial charge on any atom is -0.454 e. The van der Waals surface area contributed by atoms with Crippen LogP contribution in [0.4, 0.5) is 0 Å². The number of hydrogen-bond donors (Lipinski definition) is 4. The van der Waals surface area contributed by atoms with Crippen LogP contribution >= 0.6 is 0 Å². The number of nitrogens with zero attached hydrogens (tertiary/aromatic N) is 1. The second-order valence-electron chi connectivity index (χ2n) is 3.73. The van der Waals surface area contributed by atoms with Gasteiger partial charge in [-0.3, -0.25) is 4.79 Å². The maximum absolute atomic E-state index is 11.0. The molecule has 0 fully saturated rings. The molecule has 0 radical (unpaired) electrons. The summed E-state index contributed by atoms with van der Waals surface area (Å²) in [5.41, 5.74) is 10.2. The van der Waals surface area contributed by atoms with Gasteiger partial charge >= 0.3 is 0 Å². The number of guanidine groups is 1. The summed E-state index contributed by atoms with van der Waals surface area (Å²) in [7, 11) is 0. The smallest absolute Gasteiger partial charge is 0.234 e. The third kappa shape index (κ3) is 7.75. The Morgan fingerprint density at radius 1 is 1.40 bits per heavy atom. The van der Waals surface area contributed by atoms with Crippen LogP contribution in [0.3, 0.4) is 0 Å². The van der Waals surface area contributed by atoms with Gasteiger partial charge in [0.2, 0.25) is 5.91 Å². The predicted octanol–water partition coefficient (Wildman–Crippen LogP) is -0.908. The standard InChI is InChI=1S/C9H20N5O/c1-6(2)14-7(8(10)15)4-3-5-13-9(11)12/h6-7,14H,3-5H2,1-2H3,(H5-,10,11,12,13,15)/q-1/t7-/m0/s1. The molecule has 0 rings (SSSR count). The lowest BCUT2D eigenvalue weighted by molar-refractivity contribution is -0.120. The highest BCUT2D eigenvalue weighted by Crippen LogP contribution is 1.97. The highest BCUT2D eigenvalue weighted by molar-refractivity contribution is 5.81. The summed E-state index contributed by atoms with van der Waals surface area (Å²) in [6, 6.07) is -0.114. The fourth-order valence-electron chi connectivity index (χ4n) is 1.23. The zero-order valence-electron chi connectivity index (χ0n) is 9.29. The van der Waals surface area contributed by atoms with Gasteiger partial charge in [0.05, 0.1) is 6.04 Å². The van der Waals surface area contributed by atoms with Crippen LogP contribution in [0, 0.1) is 0 Å². The molecule has 0 bridgehead atoms. The molecule has 0 spiro atoms. The van der Waals surface area contributed by atoms with E-state index in [-0.39, 0.29) is 24.0 Å². The molecule has 6 nitrogen and oxygen atoms in total. The Kier molecular flexibility index (Phi) is 6.44. The first-order chi connectivity index (χ1) is 6.93. The number of hydrogen-bond acceptors (Lipinski definition) is 2. The van der Waals surface area contributed by atoms with Gasteiger partial charge < -0.3 is 27.5 Å². The number of rotatable bonds is 7. The van der Waals surface area contributed by atoms with Gasteiger partial charge in [0.1, 0.15) is 0 Å². The first-order valence-electron chi connectivity index (χ1n) is 5.04. The zero-order chi connectivity index (χ0) is 11.8. The number of nitrogens with two attached hydrogens (primary N) is 2. The van der Waals surface area contributed by atoms with E-state index < -0.39 is 0 Å². The van der Waals surface area contributed by atoms with Crippen molar-refractivity contribution >= 4 is 11.9 Å². The van der Waals surface area contributed by atoms with Crippen LogP contribution in [0.15, 0.2) is 0 Å². The Morgan fingerprint density at radius 2 is 2.00 bits per heavy atom. The molecular weight excluding hydrogens is 194 g/mol. The predicted molar refractivity (Wildman–Crippen MR) is 61.0 cm³/mol.